The topological polar surface area (TPSA) is 57.6 Å². The Balaban J connectivity index is 2.24. The summed E-state index contributed by atoms with van der Waals surface area (Å²) in [4.78, 5) is 23.5. The molecule has 0 aromatic heterocycles. The second kappa shape index (κ2) is 5.34. The van der Waals surface area contributed by atoms with Gasteiger partial charge in [0.25, 0.3) is 0 Å². The molecule has 0 saturated carbocycles. The molecule has 0 aliphatic carbocycles. The predicted molar refractivity (Wildman–Crippen MR) is 62.6 cm³/mol. The quantitative estimate of drug-likeness (QED) is 0.872. The third kappa shape index (κ3) is 3.32. The number of hydrogen-bond acceptors (Lipinski definition) is 2. The Kier molecular flexibility index (Phi) is 3.89. The minimum Gasteiger partial charge on any atom is -0.481 e. The molecule has 1 fully saturated rings. The Labute approximate surface area is 117 Å². The number of likely N-dealkylation sites (tertiary alicyclic amines) is 1. The Morgan fingerprint density at radius 3 is 2.57 bits per heavy atom. The lowest BCUT2D eigenvalue weighted by molar-refractivity contribution is -0.141. The fourth-order valence-corrected chi connectivity index (χ4v) is 2.25. The van der Waals surface area contributed by atoms with Crippen LogP contribution in [0.2, 0.25) is 0 Å². The third-order valence-electron chi connectivity index (χ3n) is 3.30. The van der Waals surface area contributed by atoms with Crippen molar-refractivity contribution in [1.29, 1.82) is 0 Å². The summed E-state index contributed by atoms with van der Waals surface area (Å²) in [6, 6.07) is 2.20. The van der Waals surface area contributed by atoms with Crippen LogP contribution in [-0.4, -0.2) is 28.4 Å². The summed E-state index contributed by atoms with van der Waals surface area (Å²) < 4.78 is 51.5. The number of rotatable bonds is 3. The standard InChI is InChI=1S/C13H11F4NO3/c14-9-2-1-7(10(4-9)13(15,16)17)5-18-6-8(12(20)21)3-11(18)19/h1-2,4,8H,3,5-6H2,(H,20,21). The summed E-state index contributed by atoms with van der Waals surface area (Å²) in [6.45, 7) is -0.541. The van der Waals surface area contributed by atoms with E-state index in [1.165, 1.54) is 0 Å². The summed E-state index contributed by atoms with van der Waals surface area (Å²) in [5, 5.41) is 8.83. The van der Waals surface area contributed by atoms with Gasteiger partial charge in [-0.15, -0.1) is 0 Å². The van der Waals surface area contributed by atoms with Crippen molar-refractivity contribution >= 4 is 11.9 Å². The first-order valence-electron chi connectivity index (χ1n) is 6.04. The summed E-state index contributed by atoms with van der Waals surface area (Å²) in [7, 11) is 0. The van der Waals surface area contributed by atoms with Crippen LogP contribution < -0.4 is 0 Å². The van der Waals surface area contributed by atoms with Crippen LogP contribution in [0, 0.1) is 11.7 Å². The van der Waals surface area contributed by atoms with Gasteiger partial charge >= 0.3 is 12.1 Å². The fourth-order valence-electron chi connectivity index (χ4n) is 2.25. The normalized spacial score (nSPS) is 19.1. The molecule has 4 nitrogen and oxygen atoms in total. The molecule has 1 aliphatic heterocycles. The molecule has 1 aromatic carbocycles. The second-order valence-corrected chi connectivity index (χ2v) is 4.81. The van der Waals surface area contributed by atoms with Crippen molar-refractivity contribution in [2.75, 3.05) is 6.54 Å². The monoisotopic (exact) mass is 305 g/mol. The average molecular weight is 305 g/mol. The van der Waals surface area contributed by atoms with Gasteiger partial charge in [-0.3, -0.25) is 9.59 Å². The maximum atomic E-state index is 13.0. The Hall–Kier alpha value is -2.12. The molecule has 114 valence electrons. The lowest BCUT2D eigenvalue weighted by atomic mass is 10.1. The highest BCUT2D eigenvalue weighted by molar-refractivity contribution is 5.86. The zero-order valence-electron chi connectivity index (χ0n) is 10.7. The summed E-state index contributed by atoms with van der Waals surface area (Å²) >= 11 is 0. The van der Waals surface area contributed by atoms with Gasteiger partial charge in [0.15, 0.2) is 0 Å². The number of hydrogen-bond donors (Lipinski definition) is 1. The first kappa shape index (κ1) is 15.3. The highest BCUT2D eigenvalue weighted by Crippen LogP contribution is 2.34. The van der Waals surface area contributed by atoms with Crippen molar-refractivity contribution in [3.63, 3.8) is 0 Å². The van der Waals surface area contributed by atoms with Crippen LogP contribution in [0.1, 0.15) is 17.5 Å². The molecule has 0 radical (unpaired) electrons. The molecule has 2 rings (SSSR count). The number of alkyl halides is 3. The number of aliphatic carboxylic acids is 1. The van der Waals surface area contributed by atoms with Crippen LogP contribution in [-0.2, 0) is 22.3 Å². The molecular formula is C13H11F4NO3. The van der Waals surface area contributed by atoms with Crippen molar-refractivity contribution < 1.29 is 32.3 Å². The molecule has 0 spiro atoms. The molecule has 1 amide bonds. The third-order valence-corrected chi connectivity index (χ3v) is 3.30. The van der Waals surface area contributed by atoms with E-state index in [2.05, 4.69) is 0 Å². The number of carbonyl (C=O) groups excluding carboxylic acids is 1. The highest BCUT2D eigenvalue weighted by Gasteiger charge is 2.37. The van der Waals surface area contributed by atoms with Gasteiger partial charge in [0.1, 0.15) is 5.82 Å². The zero-order chi connectivity index (χ0) is 15.8. The van der Waals surface area contributed by atoms with E-state index in [4.69, 9.17) is 5.11 Å². The largest absolute Gasteiger partial charge is 0.481 e. The van der Waals surface area contributed by atoms with E-state index in [0.29, 0.717) is 6.07 Å². The van der Waals surface area contributed by atoms with E-state index in [-0.39, 0.29) is 18.5 Å². The number of carboxylic acids is 1. The minimum atomic E-state index is -4.74. The first-order chi connectivity index (χ1) is 9.68. The first-order valence-corrected chi connectivity index (χ1v) is 6.04. The molecule has 0 bridgehead atoms. The van der Waals surface area contributed by atoms with Gasteiger partial charge in [-0.2, -0.15) is 13.2 Å². The Morgan fingerprint density at radius 2 is 2.05 bits per heavy atom. The average Bonchev–Trinajstić information content (AvgIpc) is 2.72. The van der Waals surface area contributed by atoms with Gasteiger partial charge in [0.2, 0.25) is 5.91 Å². The SMILES string of the molecule is O=C(O)C1CC(=O)N(Cc2ccc(F)cc2C(F)(F)F)C1. The summed E-state index contributed by atoms with van der Waals surface area (Å²) in [5.41, 5.74) is -1.42. The Morgan fingerprint density at radius 1 is 1.38 bits per heavy atom. The molecule has 1 saturated heterocycles. The number of carbonyl (C=O) groups is 2. The van der Waals surface area contributed by atoms with Crippen molar-refractivity contribution in [3.8, 4) is 0 Å². The van der Waals surface area contributed by atoms with E-state index in [1.54, 1.807) is 0 Å². The molecule has 1 heterocycles. The second-order valence-electron chi connectivity index (χ2n) is 4.81. The van der Waals surface area contributed by atoms with Crippen LogP contribution in [0.25, 0.3) is 0 Å². The van der Waals surface area contributed by atoms with E-state index < -0.39 is 41.9 Å². The van der Waals surface area contributed by atoms with Crippen LogP contribution >= 0.6 is 0 Å². The van der Waals surface area contributed by atoms with Crippen molar-refractivity contribution in [2.45, 2.75) is 19.1 Å². The predicted octanol–water partition coefficient (Wildman–Crippen LogP) is 2.28. The molecule has 1 unspecified atom stereocenters. The van der Waals surface area contributed by atoms with Gasteiger partial charge in [-0.25, -0.2) is 4.39 Å². The molecule has 1 aromatic rings. The fraction of sp³-hybridized carbons (Fsp3) is 0.385. The molecule has 1 N–H and O–H groups in total. The number of carboxylic acid groups (broad SMARTS) is 1. The van der Waals surface area contributed by atoms with Crippen LogP contribution in [0.4, 0.5) is 17.6 Å². The lowest BCUT2D eigenvalue weighted by Gasteiger charge is -2.19. The minimum absolute atomic E-state index is 0.150. The number of amides is 1. The lowest BCUT2D eigenvalue weighted by Crippen LogP contribution is -2.27. The van der Waals surface area contributed by atoms with Gasteiger partial charge in [-0.1, -0.05) is 6.07 Å². The van der Waals surface area contributed by atoms with E-state index >= 15 is 0 Å². The Bertz CT molecular complexity index is 585. The maximum absolute atomic E-state index is 13.0. The van der Waals surface area contributed by atoms with Crippen molar-refractivity contribution in [2.24, 2.45) is 5.92 Å². The van der Waals surface area contributed by atoms with Crippen molar-refractivity contribution in [3.05, 3.63) is 35.1 Å². The van der Waals surface area contributed by atoms with Gasteiger partial charge < -0.3 is 10.0 Å². The van der Waals surface area contributed by atoms with Gasteiger partial charge in [0.05, 0.1) is 11.5 Å². The number of benzene rings is 1. The van der Waals surface area contributed by atoms with Crippen LogP contribution in [0.15, 0.2) is 18.2 Å². The van der Waals surface area contributed by atoms with Gasteiger partial charge in [-0.05, 0) is 17.7 Å². The van der Waals surface area contributed by atoms with E-state index in [0.717, 1.165) is 17.0 Å². The molecule has 21 heavy (non-hydrogen) atoms. The van der Waals surface area contributed by atoms with Crippen molar-refractivity contribution in [1.82, 2.24) is 4.90 Å². The zero-order valence-corrected chi connectivity index (χ0v) is 10.7. The number of nitrogens with zero attached hydrogens (tertiary/aromatic N) is 1. The van der Waals surface area contributed by atoms with E-state index in [9.17, 15) is 27.2 Å². The van der Waals surface area contributed by atoms with Crippen LogP contribution in [0.3, 0.4) is 0 Å². The molecular weight excluding hydrogens is 294 g/mol. The maximum Gasteiger partial charge on any atom is 0.416 e. The highest BCUT2D eigenvalue weighted by atomic mass is 19.4. The van der Waals surface area contributed by atoms with Gasteiger partial charge in [0, 0.05) is 19.5 Å². The molecule has 8 heteroatoms. The molecule has 1 atom stereocenters. The summed E-state index contributed by atoms with van der Waals surface area (Å²) in [5.74, 6) is -3.64. The molecule has 1 aliphatic rings. The smallest absolute Gasteiger partial charge is 0.416 e. The summed E-state index contributed by atoms with van der Waals surface area (Å²) in [6.07, 6.45) is -4.98. The van der Waals surface area contributed by atoms with Crippen LogP contribution in [0.5, 0.6) is 0 Å². The number of halogens is 4. The van der Waals surface area contributed by atoms with E-state index in [1.807, 2.05) is 0 Å².